The Morgan fingerprint density at radius 2 is 1.80 bits per heavy atom. The van der Waals surface area contributed by atoms with E-state index in [1.165, 1.54) is 44.5 Å². The molecule has 2 N–H and O–H groups in total. The van der Waals surface area contributed by atoms with Gasteiger partial charge in [0.2, 0.25) is 0 Å². The molecule has 3 heteroatoms. The van der Waals surface area contributed by atoms with E-state index in [-0.39, 0.29) is 6.04 Å². The molecule has 1 aromatic rings. The van der Waals surface area contributed by atoms with E-state index in [1.807, 2.05) is 13.0 Å². The van der Waals surface area contributed by atoms with Crippen molar-refractivity contribution >= 4 is 5.69 Å². The predicted octanol–water partition coefficient (Wildman–Crippen LogP) is 3.34. The summed E-state index contributed by atoms with van der Waals surface area (Å²) in [7, 11) is 1.73. The monoisotopic (exact) mass is 274 g/mol. The molecule has 2 aliphatic carbocycles. The molecule has 2 aliphatic rings. The first kappa shape index (κ1) is 13.7. The normalized spacial score (nSPS) is 19.8. The van der Waals surface area contributed by atoms with Crippen LogP contribution < -0.4 is 15.4 Å². The van der Waals surface area contributed by atoms with Crippen molar-refractivity contribution in [1.29, 1.82) is 0 Å². The molecule has 0 unspecified atom stereocenters. The second-order valence-corrected chi connectivity index (χ2v) is 6.47. The first-order valence-electron chi connectivity index (χ1n) is 7.86. The highest BCUT2D eigenvalue weighted by atomic mass is 16.5. The van der Waals surface area contributed by atoms with Crippen molar-refractivity contribution in [2.24, 2.45) is 17.6 Å². The summed E-state index contributed by atoms with van der Waals surface area (Å²) in [5.41, 5.74) is 8.67. The molecule has 20 heavy (non-hydrogen) atoms. The molecule has 2 fully saturated rings. The van der Waals surface area contributed by atoms with Crippen molar-refractivity contribution in [1.82, 2.24) is 0 Å². The zero-order valence-corrected chi connectivity index (χ0v) is 12.6. The summed E-state index contributed by atoms with van der Waals surface area (Å²) in [5.74, 6) is 2.70. The Morgan fingerprint density at radius 1 is 1.20 bits per heavy atom. The number of benzene rings is 1. The maximum Gasteiger partial charge on any atom is 0.125 e. The van der Waals surface area contributed by atoms with E-state index in [0.29, 0.717) is 0 Å². The second kappa shape index (κ2) is 5.65. The molecule has 1 aromatic carbocycles. The quantitative estimate of drug-likeness (QED) is 0.828. The van der Waals surface area contributed by atoms with E-state index in [2.05, 4.69) is 17.0 Å². The minimum absolute atomic E-state index is 0.00190. The predicted molar refractivity (Wildman–Crippen MR) is 83.3 cm³/mol. The molecule has 110 valence electrons. The molecule has 0 spiro atoms. The van der Waals surface area contributed by atoms with E-state index < -0.39 is 0 Å². The van der Waals surface area contributed by atoms with Gasteiger partial charge < -0.3 is 15.4 Å². The molecule has 0 saturated heterocycles. The zero-order chi connectivity index (χ0) is 14.1. The molecule has 0 heterocycles. The fourth-order valence-electron chi connectivity index (χ4n) is 2.94. The van der Waals surface area contributed by atoms with E-state index in [9.17, 15) is 0 Å². The minimum Gasteiger partial charge on any atom is -0.496 e. The highest BCUT2D eigenvalue weighted by Crippen LogP contribution is 2.39. The number of hydrogen-bond donors (Lipinski definition) is 1. The number of nitrogens with two attached hydrogens (primary N) is 1. The average molecular weight is 274 g/mol. The van der Waals surface area contributed by atoms with E-state index >= 15 is 0 Å². The molecule has 0 radical (unpaired) electrons. The molecule has 0 bridgehead atoms. The van der Waals surface area contributed by atoms with Gasteiger partial charge in [0, 0.05) is 30.4 Å². The first-order chi connectivity index (χ1) is 9.69. The van der Waals surface area contributed by atoms with E-state index in [4.69, 9.17) is 10.5 Å². The number of anilines is 1. The lowest BCUT2D eigenvalue weighted by Crippen LogP contribution is -2.30. The summed E-state index contributed by atoms with van der Waals surface area (Å²) in [6, 6.07) is 6.33. The third kappa shape index (κ3) is 3.09. The zero-order valence-electron chi connectivity index (χ0n) is 12.6. The SMILES string of the molecule is COc1cccc(N(CC2CC2)CC2CC2)c1[C@H](C)N. The summed E-state index contributed by atoms with van der Waals surface area (Å²) in [6.45, 7) is 4.42. The molecule has 3 rings (SSSR count). The minimum atomic E-state index is 0.00190. The lowest BCUT2D eigenvalue weighted by molar-refractivity contribution is 0.406. The van der Waals surface area contributed by atoms with Gasteiger partial charge >= 0.3 is 0 Å². The van der Waals surface area contributed by atoms with Crippen LogP contribution in [-0.2, 0) is 0 Å². The van der Waals surface area contributed by atoms with Crippen LogP contribution in [0.5, 0.6) is 5.75 Å². The summed E-state index contributed by atoms with van der Waals surface area (Å²) >= 11 is 0. The van der Waals surface area contributed by atoms with Crippen molar-refractivity contribution in [3.63, 3.8) is 0 Å². The Bertz CT molecular complexity index is 450. The number of rotatable bonds is 7. The topological polar surface area (TPSA) is 38.5 Å². The van der Waals surface area contributed by atoms with Crippen LogP contribution in [-0.4, -0.2) is 20.2 Å². The van der Waals surface area contributed by atoms with Gasteiger partial charge in [0.1, 0.15) is 5.75 Å². The highest BCUT2D eigenvalue weighted by Gasteiger charge is 2.31. The number of methoxy groups -OCH3 is 1. The van der Waals surface area contributed by atoms with Crippen LogP contribution in [0, 0.1) is 11.8 Å². The fourth-order valence-corrected chi connectivity index (χ4v) is 2.94. The molecular formula is C17H26N2O. The number of hydrogen-bond acceptors (Lipinski definition) is 3. The van der Waals surface area contributed by atoms with Crippen molar-refractivity contribution in [3.8, 4) is 5.75 Å². The van der Waals surface area contributed by atoms with Gasteiger partial charge in [-0.3, -0.25) is 0 Å². The van der Waals surface area contributed by atoms with Crippen molar-refractivity contribution in [3.05, 3.63) is 23.8 Å². The van der Waals surface area contributed by atoms with Crippen LogP contribution >= 0.6 is 0 Å². The lowest BCUT2D eigenvalue weighted by Gasteiger charge is -2.29. The van der Waals surface area contributed by atoms with Crippen LogP contribution in [0.1, 0.15) is 44.2 Å². The summed E-state index contributed by atoms with van der Waals surface area (Å²) in [6.07, 6.45) is 5.55. The summed E-state index contributed by atoms with van der Waals surface area (Å²) < 4.78 is 5.53. The third-order valence-electron chi connectivity index (χ3n) is 4.41. The van der Waals surface area contributed by atoms with Gasteiger partial charge in [0.05, 0.1) is 7.11 Å². The van der Waals surface area contributed by atoms with Crippen molar-refractivity contribution in [2.45, 2.75) is 38.6 Å². The van der Waals surface area contributed by atoms with Crippen LogP contribution in [0.15, 0.2) is 18.2 Å². The Morgan fingerprint density at radius 3 is 2.25 bits per heavy atom. The van der Waals surface area contributed by atoms with Crippen LogP contribution in [0.25, 0.3) is 0 Å². The summed E-state index contributed by atoms with van der Waals surface area (Å²) in [4.78, 5) is 2.57. The third-order valence-corrected chi connectivity index (χ3v) is 4.41. The fraction of sp³-hybridized carbons (Fsp3) is 0.647. The molecule has 3 nitrogen and oxygen atoms in total. The highest BCUT2D eigenvalue weighted by molar-refractivity contribution is 5.61. The van der Waals surface area contributed by atoms with Crippen LogP contribution in [0.4, 0.5) is 5.69 Å². The van der Waals surface area contributed by atoms with Gasteiger partial charge in [-0.1, -0.05) is 6.07 Å². The number of ether oxygens (including phenoxy) is 1. The average Bonchev–Trinajstić information content (AvgIpc) is 3.32. The number of nitrogens with zero attached hydrogens (tertiary/aromatic N) is 1. The van der Waals surface area contributed by atoms with Gasteiger partial charge in [0.15, 0.2) is 0 Å². The molecule has 1 atom stereocenters. The lowest BCUT2D eigenvalue weighted by atomic mass is 10.0. The van der Waals surface area contributed by atoms with Gasteiger partial charge in [-0.2, -0.15) is 0 Å². The Kier molecular flexibility index (Phi) is 3.88. The Labute approximate surface area is 122 Å². The van der Waals surface area contributed by atoms with Gasteiger partial charge in [-0.05, 0) is 56.6 Å². The van der Waals surface area contributed by atoms with Crippen LogP contribution in [0.3, 0.4) is 0 Å². The standard InChI is InChI=1S/C17H26N2O/c1-12(18)17-15(4-3-5-16(17)20-2)19(10-13-6-7-13)11-14-8-9-14/h3-5,12-14H,6-11,18H2,1-2H3/t12-/m0/s1. The second-order valence-electron chi connectivity index (χ2n) is 6.47. The molecule has 2 saturated carbocycles. The van der Waals surface area contributed by atoms with Crippen molar-refractivity contribution in [2.75, 3.05) is 25.1 Å². The Hall–Kier alpha value is -1.22. The summed E-state index contributed by atoms with van der Waals surface area (Å²) in [5, 5.41) is 0. The smallest absolute Gasteiger partial charge is 0.125 e. The maximum absolute atomic E-state index is 6.21. The molecular weight excluding hydrogens is 248 g/mol. The Balaban J connectivity index is 1.90. The van der Waals surface area contributed by atoms with E-state index in [1.54, 1.807) is 7.11 Å². The van der Waals surface area contributed by atoms with Crippen molar-refractivity contribution < 1.29 is 4.74 Å². The molecule has 0 aliphatic heterocycles. The molecule has 0 aromatic heterocycles. The van der Waals surface area contributed by atoms with Crippen LogP contribution in [0.2, 0.25) is 0 Å². The van der Waals surface area contributed by atoms with Gasteiger partial charge in [-0.15, -0.1) is 0 Å². The van der Waals surface area contributed by atoms with Gasteiger partial charge in [0.25, 0.3) is 0 Å². The molecule has 0 amide bonds. The maximum atomic E-state index is 6.21. The largest absolute Gasteiger partial charge is 0.496 e. The first-order valence-corrected chi connectivity index (χ1v) is 7.86. The van der Waals surface area contributed by atoms with E-state index in [0.717, 1.165) is 23.1 Å². The van der Waals surface area contributed by atoms with Gasteiger partial charge in [-0.25, -0.2) is 0 Å².